The van der Waals surface area contributed by atoms with Gasteiger partial charge in [0.25, 0.3) is 5.91 Å². The van der Waals surface area contributed by atoms with E-state index >= 15 is 0 Å². The molecule has 32 heavy (non-hydrogen) atoms. The molecule has 4 rings (SSSR count). The average molecular weight is 535 g/mol. The number of nitrogens with zero attached hydrogens (tertiary/aromatic N) is 2. The van der Waals surface area contributed by atoms with Gasteiger partial charge in [0.15, 0.2) is 11.6 Å². The van der Waals surface area contributed by atoms with Gasteiger partial charge in [0.1, 0.15) is 10.9 Å². The van der Waals surface area contributed by atoms with Crippen molar-refractivity contribution in [2.24, 2.45) is 0 Å². The Morgan fingerprint density at radius 1 is 1.19 bits per heavy atom. The van der Waals surface area contributed by atoms with Gasteiger partial charge in [-0.05, 0) is 36.4 Å². The second kappa shape index (κ2) is 10.2. The molecule has 166 valence electrons. The molecule has 1 fully saturated rings. The number of thiocarbonyl (C=S) groups is 1. The molecule has 0 bridgehead atoms. The van der Waals surface area contributed by atoms with E-state index in [0.717, 1.165) is 20.9 Å². The number of hydrogen-bond acceptors (Lipinski definition) is 5. The lowest BCUT2D eigenvalue weighted by molar-refractivity contribution is -0.122. The lowest BCUT2D eigenvalue weighted by Gasteiger charge is -2.12. The maximum Gasteiger partial charge on any atom is 0.266 e. The number of rotatable bonds is 8. The standard InChI is InChI=1S/C23H20BrFN2O3S2/c1-29-10-9-27-22(28)21(32-23(27)31)12-15-14-26(19-7-6-16(24)13-17(15)19)8-11-30-20-5-3-2-4-18(20)25/h2-7,12-14H,8-11H2,1H3/b21-12-. The number of amides is 1. The highest BCUT2D eigenvalue weighted by atomic mass is 79.9. The fourth-order valence-electron chi connectivity index (χ4n) is 3.43. The van der Waals surface area contributed by atoms with E-state index < -0.39 is 0 Å². The lowest BCUT2D eigenvalue weighted by Crippen LogP contribution is -2.31. The second-order valence-corrected chi connectivity index (χ2v) is 9.64. The zero-order valence-electron chi connectivity index (χ0n) is 17.2. The van der Waals surface area contributed by atoms with Gasteiger partial charge in [0.05, 0.1) is 24.6 Å². The van der Waals surface area contributed by atoms with Gasteiger partial charge in [0, 0.05) is 34.2 Å². The molecular formula is C23H20BrFN2O3S2. The largest absolute Gasteiger partial charge is 0.489 e. The molecule has 2 aromatic carbocycles. The Morgan fingerprint density at radius 2 is 2.00 bits per heavy atom. The van der Waals surface area contributed by atoms with E-state index in [1.54, 1.807) is 30.2 Å². The van der Waals surface area contributed by atoms with Crippen LogP contribution in [0.2, 0.25) is 0 Å². The van der Waals surface area contributed by atoms with Crippen LogP contribution in [0.4, 0.5) is 4.39 Å². The molecule has 9 heteroatoms. The first kappa shape index (κ1) is 23.0. The summed E-state index contributed by atoms with van der Waals surface area (Å²) in [6.45, 7) is 1.68. The third-order valence-electron chi connectivity index (χ3n) is 4.98. The van der Waals surface area contributed by atoms with Crippen molar-refractivity contribution in [3.8, 4) is 5.75 Å². The van der Waals surface area contributed by atoms with Gasteiger partial charge < -0.3 is 14.0 Å². The van der Waals surface area contributed by atoms with Crippen LogP contribution in [0.1, 0.15) is 5.56 Å². The van der Waals surface area contributed by atoms with Gasteiger partial charge in [-0.3, -0.25) is 9.69 Å². The van der Waals surface area contributed by atoms with Crippen molar-refractivity contribution in [2.45, 2.75) is 6.54 Å². The van der Waals surface area contributed by atoms with E-state index in [-0.39, 0.29) is 17.5 Å². The summed E-state index contributed by atoms with van der Waals surface area (Å²) in [7, 11) is 1.59. The molecule has 0 saturated carbocycles. The van der Waals surface area contributed by atoms with Crippen LogP contribution in [0.3, 0.4) is 0 Å². The van der Waals surface area contributed by atoms with Crippen LogP contribution in [-0.4, -0.2) is 46.6 Å². The highest BCUT2D eigenvalue weighted by molar-refractivity contribution is 9.10. The van der Waals surface area contributed by atoms with Crippen molar-refractivity contribution < 1.29 is 18.7 Å². The van der Waals surface area contributed by atoms with Gasteiger partial charge >= 0.3 is 0 Å². The third kappa shape index (κ3) is 4.91. The predicted octanol–water partition coefficient (Wildman–Crippen LogP) is 5.47. The van der Waals surface area contributed by atoms with Crippen molar-refractivity contribution in [3.63, 3.8) is 0 Å². The van der Waals surface area contributed by atoms with Gasteiger partial charge in [-0.2, -0.15) is 0 Å². The minimum Gasteiger partial charge on any atom is -0.489 e. The topological polar surface area (TPSA) is 43.7 Å². The fraction of sp³-hybridized carbons (Fsp3) is 0.217. The minimum atomic E-state index is -0.384. The Labute approximate surface area is 203 Å². The molecule has 0 atom stereocenters. The maximum absolute atomic E-state index is 13.8. The number of methoxy groups -OCH3 is 1. The first-order valence-corrected chi connectivity index (χ1v) is 11.9. The van der Waals surface area contributed by atoms with E-state index in [2.05, 4.69) is 15.9 Å². The van der Waals surface area contributed by atoms with Crippen molar-refractivity contribution in [1.82, 2.24) is 9.47 Å². The first-order chi connectivity index (χ1) is 15.5. The fourth-order valence-corrected chi connectivity index (χ4v) is 5.09. The number of carbonyl (C=O) groups excluding carboxylic acids is 1. The van der Waals surface area contributed by atoms with Crippen LogP contribution in [0.15, 0.2) is 58.0 Å². The summed E-state index contributed by atoms with van der Waals surface area (Å²) in [6, 6.07) is 12.3. The van der Waals surface area contributed by atoms with E-state index in [1.165, 1.54) is 17.8 Å². The molecular weight excluding hydrogens is 515 g/mol. The number of benzene rings is 2. The van der Waals surface area contributed by atoms with Crippen LogP contribution < -0.4 is 4.74 Å². The van der Waals surface area contributed by atoms with Gasteiger partial charge in [-0.1, -0.05) is 52.0 Å². The lowest BCUT2D eigenvalue weighted by atomic mass is 10.1. The quantitative estimate of drug-likeness (QED) is 0.283. The summed E-state index contributed by atoms with van der Waals surface area (Å²) < 4.78 is 28.0. The number of hydrogen-bond donors (Lipinski definition) is 0. The summed E-state index contributed by atoms with van der Waals surface area (Å²) in [5.74, 6) is -0.271. The molecule has 1 saturated heterocycles. The van der Waals surface area contributed by atoms with Gasteiger partial charge in [0.2, 0.25) is 0 Å². The zero-order chi connectivity index (χ0) is 22.7. The van der Waals surface area contributed by atoms with E-state index in [0.29, 0.717) is 35.5 Å². The molecule has 1 amide bonds. The molecule has 3 aromatic rings. The maximum atomic E-state index is 13.8. The Morgan fingerprint density at radius 3 is 2.78 bits per heavy atom. The number of thioether (sulfide) groups is 1. The minimum absolute atomic E-state index is 0.115. The molecule has 1 aromatic heterocycles. The molecule has 2 heterocycles. The molecule has 5 nitrogen and oxygen atoms in total. The summed E-state index contributed by atoms with van der Waals surface area (Å²) in [5, 5.41) is 0.993. The molecule has 0 N–H and O–H groups in total. The van der Waals surface area contributed by atoms with E-state index in [9.17, 15) is 9.18 Å². The molecule has 1 aliphatic rings. The molecule has 0 spiro atoms. The Balaban J connectivity index is 1.59. The zero-order valence-corrected chi connectivity index (χ0v) is 20.4. The molecule has 0 aliphatic carbocycles. The van der Waals surface area contributed by atoms with E-state index in [4.69, 9.17) is 21.7 Å². The van der Waals surface area contributed by atoms with Crippen LogP contribution >= 0.6 is 39.9 Å². The molecule has 0 unspecified atom stereocenters. The Kier molecular flexibility index (Phi) is 7.30. The Bertz CT molecular complexity index is 1210. The Hall–Kier alpha value is -2.20. The number of halogens is 2. The monoisotopic (exact) mass is 534 g/mol. The van der Waals surface area contributed by atoms with Crippen LogP contribution in [-0.2, 0) is 16.1 Å². The number of fused-ring (bicyclic) bond motifs is 1. The highest BCUT2D eigenvalue weighted by Gasteiger charge is 2.31. The summed E-state index contributed by atoms with van der Waals surface area (Å²) in [5.41, 5.74) is 1.89. The smallest absolute Gasteiger partial charge is 0.266 e. The molecule has 0 radical (unpaired) electrons. The SMILES string of the molecule is COCCN1C(=O)/C(=C/c2cn(CCOc3ccccc3F)c3ccc(Br)cc23)SC1=S. The summed E-state index contributed by atoms with van der Waals surface area (Å²) in [4.78, 5) is 15.0. The van der Waals surface area contributed by atoms with Crippen LogP contribution in [0, 0.1) is 5.82 Å². The summed E-state index contributed by atoms with van der Waals surface area (Å²) >= 11 is 10.2. The van der Waals surface area contributed by atoms with Crippen LogP contribution in [0.25, 0.3) is 17.0 Å². The van der Waals surface area contributed by atoms with Crippen molar-refractivity contribution in [1.29, 1.82) is 0 Å². The average Bonchev–Trinajstić information content (AvgIpc) is 3.24. The number of aromatic nitrogens is 1. The normalized spacial score (nSPS) is 15.3. The number of para-hydroxylation sites is 1. The first-order valence-electron chi connectivity index (χ1n) is 9.88. The molecule has 1 aliphatic heterocycles. The van der Waals surface area contributed by atoms with Crippen LogP contribution in [0.5, 0.6) is 5.75 Å². The predicted molar refractivity (Wildman–Crippen MR) is 133 cm³/mol. The number of carbonyl (C=O) groups is 1. The highest BCUT2D eigenvalue weighted by Crippen LogP contribution is 2.35. The van der Waals surface area contributed by atoms with Gasteiger partial charge in [-0.15, -0.1) is 0 Å². The van der Waals surface area contributed by atoms with Crippen molar-refractivity contribution in [3.05, 3.63) is 69.4 Å². The van der Waals surface area contributed by atoms with Crippen molar-refractivity contribution in [2.75, 3.05) is 26.9 Å². The second-order valence-electron chi connectivity index (χ2n) is 7.04. The van der Waals surface area contributed by atoms with Gasteiger partial charge in [-0.25, -0.2) is 4.39 Å². The third-order valence-corrected chi connectivity index (χ3v) is 6.85. The number of ether oxygens (including phenoxy) is 2. The summed E-state index contributed by atoms with van der Waals surface area (Å²) in [6.07, 6.45) is 3.85. The van der Waals surface area contributed by atoms with Crippen molar-refractivity contribution >= 4 is 67.1 Å². The van der Waals surface area contributed by atoms with E-state index in [1.807, 2.05) is 35.0 Å².